The van der Waals surface area contributed by atoms with Crippen molar-refractivity contribution in [1.82, 2.24) is 20.4 Å². The van der Waals surface area contributed by atoms with Crippen LogP contribution < -0.4 is 5.48 Å². The normalized spacial score (nSPS) is 13.1. The molecule has 1 unspecified atom stereocenters. The highest BCUT2D eigenvalue weighted by molar-refractivity contribution is 9.11. The maximum atomic E-state index is 10.3. The summed E-state index contributed by atoms with van der Waals surface area (Å²) in [7, 11) is 0. The van der Waals surface area contributed by atoms with Gasteiger partial charge in [-0.3, -0.25) is 15.3 Å². The van der Waals surface area contributed by atoms with Crippen LogP contribution >= 0.6 is 59.4 Å². The fraction of sp³-hybridized carbons (Fsp3) is 0.289. The molecule has 62 heavy (non-hydrogen) atoms. The Hall–Kier alpha value is -4.39. The minimum absolute atomic E-state index is 0. The number of nitrogens with zero attached hydrogens (tertiary/aromatic N) is 2. The Labute approximate surface area is 392 Å². The molecule has 17 heteroatoms. The minimum atomic E-state index is -0.454. The maximum absolute atomic E-state index is 10.3. The van der Waals surface area contributed by atoms with E-state index in [9.17, 15) is 20.1 Å². The lowest BCUT2D eigenvalue weighted by Crippen LogP contribution is -2.12. The van der Waals surface area contributed by atoms with Gasteiger partial charge in [-0.15, -0.1) is 0 Å². The molecule has 1 saturated heterocycles. The number of aliphatic hydroxyl groups excluding tert-OH is 1. The highest BCUT2D eigenvalue weighted by Gasteiger charge is 2.11. The molecule has 7 aromatic rings. The second-order valence-corrected chi connectivity index (χ2v) is 16.8. The van der Waals surface area contributed by atoms with Gasteiger partial charge in [0.1, 0.15) is 6.29 Å². The number of hydroxylamine groups is 2. The number of nitro groups is 1. The van der Waals surface area contributed by atoms with Gasteiger partial charge < -0.3 is 34.8 Å². The van der Waals surface area contributed by atoms with Gasteiger partial charge in [0.25, 0.3) is 0 Å². The number of carbonyl (C=O) groups excluding carboxylic acids is 1. The van der Waals surface area contributed by atoms with Gasteiger partial charge in [-0.1, -0.05) is 73.7 Å². The van der Waals surface area contributed by atoms with E-state index in [4.69, 9.17) is 26.7 Å². The molecule has 3 aromatic heterocycles. The van der Waals surface area contributed by atoms with Crippen molar-refractivity contribution in [2.24, 2.45) is 0 Å². The molecular formula is C45H55Br3ClN6O7+. The lowest BCUT2D eigenvalue weighted by molar-refractivity contribution is -0.770. The first-order valence-electron chi connectivity index (χ1n) is 19.4. The number of halogens is 4. The third-order valence-electron chi connectivity index (χ3n) is 9.11. The molecule has 0 amide bonds. The van der Waals surface area contributed by atoms with Crippen molar-refractivity contribution in [2.45, 2.75) is 59.2 Å². The van der Waals surface area contributed by atoms with Crippen molar-refractivity contribution in [3.63, 3.8) is 0 Å². The number of nitrogens with one attached hydrogen (secondary N) is 4. The fourth-order valence-electron chi connectivity index (χ4n) is 6.06. The molecular weight excluding hydrogens is 1010 g/mol. The Morgan fingerprint density at radius 2 is 1.27 bits per heavy atom. The monoisotopic (exact) mass is 1060 g/mol. The van der Waals surface area contributed by atoms with Crippen LogP contribution in [0.1, 0.15) is 57.3 Å². The number of aliphatic hydroxyl groups is 1. The number of rotatable bonds is 11. The Balaban J connectivity index is 0.000000295. The number of fused-ring (bicyclic) bond motifs is 3. The molecule has 1 fully saturated rings. The van der Waals surface area contributed by atoms with Crippen LogP contribution in [0.25, 0.3) is 32.7 Å². The first kappa shape index (κ1) is 52.0. The predicted octanol–water partition coefficient (Wildman–Crippen LogP) is 11.4. The summed E-state index contributed by atoms with van der Waals surface area (Å²) in [6.45, 7) is 3.61. The van der Waals surface area contributed by atoms with Crippen molar-refractivity contribution >= 4 is 105 Å². The Morgan fingerprint density at radius 1 is 0.823 bits per heavy atom. The summed E-state index contributed by atoms with van der Waals surface area (Å²) < 4.78 is 9.02. The molecule has 8 rings (SSSR count). The Bertz CT molecular complexity index is 2470. The number of aromatic nitrogens is 3. The van der Waals surface area contributed by atoms with Crippen LogP contribution in [-0.2, 0) is 28.8 Å². The summed E-state index contributed by atoms with van der Waals surface area (Å²) in [5.41, 5.74) is 9.69. The van der Waals surface area contributed by atoms with Crippen LogP contribution in [0.15, 0.2) is 111 Å². The average Bonchev–Trinajstić information content (AvgIpc) is 4.07. The maximum Gasteiger partial charge on any atom is 0.222 e. The van der Waals surface area contributed by atoms with Crippen LogP contribution in [0.5, 0.6) is 0 Å². The smallest absolute Gasteiger partial charge is 0.222 e. The predicted molar refractivity (Wildman–Crippen MR) is 261 cm³/mol. The number of ether oxygens (including phenoxy) is 1. The number of carbonyl (C=O) groups is 1. The van der Waals surface area contributed by atoms with Crippen molar-refractivity contribution in [3.05, 3.63) is 148 Å². The van der Waals surface area contributed by atoms with E-state index in [-0.39, 0.29) is 20.3 Å². The molecule has 0 spiro atoms. The quantitative estimate of drug-likeness (QED) is 0.0166. The molecule has 4 aromatic carbocycles. The largest absolute Gasteiger partial charge is 0.368 e. The zero-order valence-electron chi connectivity index (χ0n) is 33.4. The van der Waals surface area contributed by atoms with E-state index in [2.05, 4.69) is 80.4 Å². The highest BCUT2D eigenvalue weighted by atomic mass is 79.9. The molecule has 7 N–H and O–H groups in total. The second kappa shape index (κ2) is 27.6. The first-order chi connectivity index (χ1) is 29.4. The summed E-state index contributed by atoms with van der Waals surface area (Å²) >= 11 is 16.2. The van der Waals surface area contributed by atoms with Gasteiger partial charge >= 0.3 is 0 Å². The lowest BCUT2D eigenvalue weighted by atomic mass is 10.1. The van der Waals surface area contributed by atoms with Gasteiger partial charge in [-0.2, -0.15) is 0 Å². The molecule has 0 bridgehead atoms. The zero-order chi connectivity index (χ0) is 44.1. The van der Waals surface area contributed by atoms with Gasteiger partial charge in [-0.05, 0) is 113 Å². The first-order valence-corrected chi connectivity index (χ1v) is 22.2. The Morgan fingerprint density at radius 3 is 1.65 bits per heavy atom. The number of hydrogen-bond donors (Lipinski definition) is 7. The van der Waals surface area contributed by atoms with E-state index in [1.807, 2.05) is 80.1 Å². The second-order valence-electron chi connectivity index (χ2n) is 13.6. The molecule has 13 nitrogen and oxygen atoms in total. The fourth-order valence-corrected chi connectivity index (χ4v) is 7.27. The summed E-state index contributed by atoms with van der Waals surface area (Å²) in [4.78, 5) is 28.7. The molecule has 0 saturated carbocycles. The van der Waals surface area contributed by atoms with Crippen LogP contribution in [-0.4, -0.2) is 85.2 Å². The van der Waals surface area contributed by atoms with Crippen molar-refractivity contribution < 1.29 is 36.1 Å². The van der Waals surface area contributed by atoms with Gasteiger partial charge in [0, 0.05) is 120 Å². The van der Waals surface area contributed by atoms with E-state index < -0.39 is 6.29 Å². The van der Waals surface area contributed by atoms with Gasteiger partial charge in [-0.25, -0.2) is 5.48 Å². The van der Waals surface area contributed by atoms with Crippen molar-refractivity contribution in [3.8, 4) is 0 Å². The average molecular weight is 1070 g/mol. The van der Waals surface area contributed by atoms with E-state index in [0.29, 0.717) is 31.0 Å². The third-order valence-corrected chi connectivity index (χ3v) is 10.8. The summed E-state index contributed by atoms with van der Waals surface area (Å²) in [6, 6.07) is 25.5. The Kier molecular flexibility index (Phi) is 23.1. The van der Waals surface area contributed by atoms with Gasteiger partial charge in [0.05, 0.1) is 0 Å². The number of hydrogen-bond acceptors (Lipinski definition) is 8. The van der Waals surface area contributed by atoms with Gasteiger partial charge in [0.15, 0.2) is 12.8 Å². The summed E-state index contributed by atoms with van der Waals surface area (Å²) in [5, 5.41) is 41.4. The van der Waals surface area contributed by atoms with E-state index >= 15 is 0 Å². The topological polar surface area (TPSA) is 193 Å². The van der Waals surface area contributed by atoms with E-state index in [1.165, 1.54) is 26.6 Å². The number of aldehydes is 1. The number of H-pyrrole nitrogens is 3. The van der Waals surface area contributed by atoms with Crippen LogP contribution in [0.4, 0.5) is 0 Å². The lowest BCUT2D eigenvalue weighted by Gasteiger charge is -1.98. The molecule has 1 atom stereocenters. The van der Waals surface area contributed by atoms with Gasteiger partial charge in [0.2, 0.25) is 12.8 Å². The zero-order valence-corrected chi connectivity index (χ0v) is 38.9. The molecule has 0 radical (unpaired) electrons. The highest BCUT2D eigenvalue weighted by Crippen LogP contribution is 2.25. The molecule has 0 aliphatic carbocycles. The molecule has 4 heterocycles. The molecule has 1 aliphatic heterocycles. The molecule has 334 valence electrons. The number of benzene rings is 4. The molecule has 1 aliphatic rings. The van der Waals surface area contributed by atoms with E-state index in [0.717, 1.165) is 85.1 Å². The summed E-state index contributed by atoms with van der Waals surface area (Å²) in [5.74, 6) is 0. The SMILES string of the molecule is C.CCC=O.O/[N+](=C\c1ccc(Cl)cc1)CCc1c[nH]c2ccc(Br)cc12.O=[N+]([O-])CCc1c[nH]c2ccc(Br)cc12.OC1CCCO1.ONCCc1c[nH]c2ccc(Br)cc12.[2HH]. The standard InChI is InChI=1S/C17H15BrClN2O.C10H9BrN2O2.C10H11BrN2O.C4H8O2.C3H6O.CH4.H2/c18-14-3-6-17-16(9-14)13(10-20-17)7-8-21(22)11-12-1-4-15(19)5-2-12;11-8-1-2-10-9(5-8)7(6-12-10)3-4-13(14)15;11-8-1-2-10-9(5-8)7(6-12-10)3-4-13-14;5-4-2-1-3-6-4;1-2-3-4;;/h1-6,9-11,20,22H,7-8H2;1-2,5-6,12H,3-4H2;1-2,5-6,12-14H,3-4H2;4-5H,1-3H2;3H,2H2,1H3;1H4;1H/q+1;;;;;;/b21-11-;;;;;;/i;;;;;;1+1. The van der Waals surface area contributed by atoms with Crippen LogP contribution in [0.2, 0.25) is 5.02 Å². The minimum Gasteiger partial charge on any atom is -0.368 e. The summed E-state index contributed by atoms with van der Waals surface area (Å²) in [6.07, 6.45) is 12.4. The number of aromatic amines is 3. The van der Waals surface area contributed by atoms with Crippen molar-refractivity contribution in [1.29, 1.82) is 0 Å². The van der Waals surface area contributed by atoms with Crippen LogP contribution in [0, 0.1) is 10.1 Å². The van der Waals surface area contributed by atoms with Crippen molar-refractivity contribution in [2.75, 3.05) is 26.2 Å². The van der Waals surface area contributed by atoms with Crippen LogP contribution in [0.3, 0.4) is 0 Å². The third kappa shape index (κ3) is 17.4. The van der Waals surface area contributed by atoms with E-state index in [1.54, 1.807) is 18.3 Å².